The highest BCUT2D eigenvalue weighted by Crippen LogP contribution is 2.33. The van der Waals surface area contributed by atoms with Crippen molar-refractivity contribution in [2.24, 2.45) is 0 Å². The van der Waals surface area contributed by atoms with Gasteiger partial charge in [0.2, 0.25) is 0 Å². The molecule has 0 aliphatic heterocycles. The van der Waals surface area contributed by atoms with Crippen LogP contribution >= 0.6 is 0 Å². The summed E-state index contributed by atoms with van der Waals surface area (Å²) in [4.78, 5) is 0. The second kappa shape index (κ2) is 3.39. The first-order valence-electron chi connectivity index (χ1n) is 5.29. The largest absolute Gasteiger partial charge is 0.0795 e. The molecule has 0 nitrogen and oxygen atoms in total. The van der Waals surface area contributed by atoms with Gasteiger partial charge < -0.3 is 0 Å². The zero-order chi connectivity index (χ0) is 10.1. The van der Waals surface area contributed by atoms with Gasteiger partial charge in [0.15, 0.2) is 0 Å². The average Bonchev–Trinajstić information content (AvgIpc) is 2.25. The summed E-state index contributed by atoms with van der Waals surface area (Å²) in [5, 5.41) is 0. The van der Waals surface area contributed by atoms with E-state index in [1.54, 1.807) is 0 Å². The average molecular weight is 192 g/mol. The van der Waals surface area contributed by atoms with Crippen molar-refractivity contribution in [3.8, 4) is 0 Å². The van der Waals surface area contributed by atoms with Gasteiger partial charge in [-0.15, -0.1) is 0 Å². The zero-order valence-corrected chi connectivity index (χ0v) is 8.48. The fraction of sp³-hybridized carbons (Fsp3) is 0.0667. The van der Waals surface area contributed by atoms with Gasteiger partial charge in [-0.1, -0.05) is 60.7 Å². The molecule has 0 fully saturated rings. The molecule has 0 saturated carbocycles. The summed E-state index contributed by atoms with van der Waals surface area (Å²) in [7, 11) is 0. The summed E-state index contributed by atoms with van der Waals surface area (Å²) in [5.41, 5.74) is 5.49. The van der Waals surface area contributed by atoms with Crippen molar-refractivity contribution >= 4 is 17.7 Å². The van der Waals surface area contributed by atoms with Crippen LogP contribution in [-0.2, 0) is 0 Å². The molecular formula is C15H12. The Kier molecular flexibility index (Phi) is 1.92. The van der Waals surface area contributed by atoms with Gasteiger partial charge in [0, 0.05) is 0 Å². The summed E-state index contributed by atoms with van der Waals surface area (Å²) in [6.07, 6.45) is 16.2. The predicted molar refractivity (Wildman–Crippen MR) is 66.2 cm³/mol. The van der Waals surface area contributed by atoms with Crippen LogP contribution in [0.5, 0.6) is 0 Å². The van der Waals surface area contributed by atoms with E-state index in [0.29, 0.717) is 0 Å². The second-order valence-electron chi connectivity index (χ2n) is 3.85. The number of benzene rings is 1. The van der Waals surface area contributed by atoms with Gasteiger partial charge in [-0.25, -0.2) is 0 Å². The van der Waals surface area contributed by atoms with Crippen molar-refractivity contribution in [3.05, 3.63) is 65.3 Å². The lowest BCUT2D eigenvalue weighted by Crippen LogP contribution is -1.97. The lowest BCUT2D eigenvalue weighted by Gasteiger charge is -2.17. The van der Waals surface area contributed by atoms with Crippen molar-refractivity contribution in [3.63, 3.8) is 0 Å². The molecule has 0 N–H and O–H groups in total. The van der Waals surface area contributed by atoms with Crippen molar-refractivity contribution in [1.29, 1.82) is 0 Å². The topological polar surface area (TPSA) is 0 Å². The molecular weight excluding hydrogens is 180 g/mol. The normalized spacial score (nSPS) is 24.4. The molecule has 0 heterocycles. The Morgan fingerprint density at radius 1 is 0.867 bits per heavy atom. The van der Waals surface area contributed by atoms with Crippen LogP contribution in [0.1, 0.15) is 23.1 Å². The van der Waals surface area contributed by atoms with E-state index in [-0.39, 0.29) is 0 Å². The Bertz CT molecular complexity index is 511. The van der Waals surface area contributed by atoms with Crippen molar-refractivity contribution in [1.82, 2.24) is 0 Å². The smallest absolute Gasteiger partial charge is 0.00763 e. The standard InChI is InChI=1S/C15H12/c1-2-6-12-8-4-10-14-11-5-9-13(7-3-1)15(12)14/h1-8,10-11H,9H2/b2-1?,3-1-,6-2-,7-3?,12-6?,13-7-. The highest BCUT2D eigenvalue weighted by molar-refractivity contribution is 5.85. The quantitative estimate of drug-likeness (QED) is 0.581. The van der Waals surface area contributed by atoms with E-state index >= 15 is 0 Å². The maximum atomic E-state index is 2.23. The zero-order valence-electron chi connectivity index (χ0n) is 8.48. The van der Waals surface area contributed by atoms with Crippen molar-refractivity contribution in [2.45, 2.75) is 6.42 Å². The van der Waals surface area contributed by atoms with Gasteiger partial charge in [0.05, 0.1) is 0 Å². The summed E-state index contributed by atoms with van der Waals surface area (Å²) >= 11 is 0. The van der Waals surface area contributed by atoms with Gasteiger partial charge >= 0.3 is 0 Å². The first kappa shape index (κ1) is 8.49. The molecule has 0 amide bonds. The Balaban J connectivity index is 2.34. The highest BCUT2D eigenvalue weighted by Gasteiger charge is 2.12. The van der Waals surface area contributed by atoms with Crippen LogP contribution in [0.4, 0.5) is 0 Å². The third-order valence-electron chi connectivity index (χ3n) is 2.88. The molecule has 15 heavy (non-hydrogen) atoms. The monoisotopic (exact) mass is 192 g/mol. The van der Waals surface area contributed by atoms with Gasteiger partial charge in [-0.05, 0) is 28.7 Å². The Morgan fingerprint density at radius 3 is 2.67 bits per heavy atom. The maximum absolute atomic E-state index is 2.23. The number of rotatable bonds is 0. The Hall–Kier alpha value is -1.82. The van der Waals surface area contributed by atoms with Crippen molar-refractivity contribution in [2.75, 3.05) is 0 Å². The molecule has 2 aliphatic carbocycles. The van der Waals surface area contributed by atoms with E-state index in [1.165, 1.54) is 22.3 Å². The van der Waals surface area contributed by atoms with Crippen LogP contribution in [0.2, 0.25) is 0 Å². The van der Waals surface area contributed by atoms with E-state index < -0.39 is 0 Å². The maximum Gasteiger partial charge on any atom is -0.00763 e. The van der Waals surface area contributed by atoms with E-state index in [4.69, 9.17) is 0 Å². The van der Waals surface area contributed by atoms with Crippen molar-refractivity contribution < 1.29 is 0 Å². The predicted octanol–water partition coefficient (Wildman–Crippen LogP) is 4.07. The molecule has 0 bridgehead atoms. The Morgan fingerprint density at radius 2 is 1.73 bits per heavy atom. The third kappa shape index (κ3) is 1.39. The van der Waals surface area contributed by atoms with Gasteiger partial charge in [0.1, 0.15) is 0 Å². The molecule has 0 unspecified atom stereocenters. The van der Waals surface area contributed by atoms with E-state index in [2.05, 4.69) is 60.7 Å². The summed E-state index contributed by atoms with van der Waals surface area (Å²) < 4.78 is 0. The number of hydrogen-bond donors (Lipinski definition) is 0. The lowest BCUT2D eigenvalue weighted by atomic mass is 9.87. The van der Waals surface area contributed by atoms with Crippen LogP contribution in [0.15, 0.2) is 48.6 Å². The molecule has 0 saturated heterocycles. The summed E-state index contributed by atoms with van der Waals surface area (Å²) in [5.74, 6) is 0. The molecule has 72 valence electrons. The molecule has 2 aliphatic rings. The fourth-order valence-electron chi connectivity index (χ4n) is 2.20. The molecule has 0 atom stereocenters. The lowest BCUT2D eigenvalue weighted by molar-refractivity contribution is 1.34. The second-order valence-corrected chi connectivity index (χ2v) is 3.85. The molecule has 3 rings (SSSR count). The van der Waals surface area contributed by atoms with Crippen LogP contribution in [0, 0.1) is 0 Å². The molecule has 0 heteroatoms. The summed E-state index contributed by atoms with van der Waals surface area (Å²) in [6.45, 7) is 0. The Labute approximate surface area is 89.9 Å². The minimum Gasteiger partial charge on any atom is -0.0795 e. The highest BCUT2D eigenvalue weighted by atomic mass is 14.2. The molecule has 1 aromatic carbocycles. The van der Waals surface area contributed by atoms with E-state index in [0.717, 1.165) is 6.42 Å². The van der Waals surface area contributed by atoms with Gasteiger partial charge in [-0.2, -0.15) is 0 Å². The first-order valence-corrected chi connectivity index (χ1v) is 5.29. The fourth-order valence-corrected chi connectivity index (χ4v) is 2.20. The third-order valence-corrected chi connectivity index (χ3v) is 2.88. The first-order chi connectivity index (χ1) is 7.45. The number of allylic oxidation sites excluding steroid dienone is 6. The number of hydrogen-bond acceptors (Lipinski definition) is 0. The van der Waals surface area contributed by atoms with E-state index in [1.807, 2.05) is 0 Å². The van der Waals surface area contributed by atoms with Crippen LogP contribution in [0.25, 0.3) is 17.7 Å². The minimum absolute atomic E-state index is 1.04. The minimum atomic E-state index is 1.04. The van der Waals surface area contributed by atoms with Gasteiger partial charge in [-0.3, -0.25) is 0 Å². The van der Waals surface area contributed by atoms with Crippen LogP contribution < -0.4 is 0 Å². The van der Waals surface area contributed by atoms with Gasteiger partial charge in [0.25, 0.3) is 0 Å². The molecule has 1 aromatic rings. The molecule has 0 aromatic heterocycles. The SMILES string of the molecule is C1=Cc2cccc3c2\C(=C/C=C\C=C/3)C1. The molecule has 0 radical (unpaired) electrons. The van der Waals surface area contributed by atoms with E-state index in [9.17, 15) is 0 Å². The van der Waals surface area contributed by atoms with Crippen LogP contribution in [0.3, 0.4) is 0 Å². The summed E-state index contributed by atoms with van der Waals surface area (Å²) in [6, 6.07) is 6.49. The molecule has 0 spiro atoms. The van der Waals surface area contributed by atoms with Crippen LogP contribution in [-0.4, -0.2) is 0 Å².